The van der Waals surface area contributed by atoms with Gasteiger partial charge >= 0.3 is 0 Å². The van der Waals surface area contributed by atoms with E-state index in [0.717, 1.165) is 12.1 Å². The lowest BCUT2D eigenvalue weighted by atomic mass is 10.1. The molecule has 0 radical (unpaired) electrons. The molecule has 0 saturated heterocycles. The molecule has 1 amide bonds. The quantitative estimate of drug-likeness (QED) is 0.869. The van der Waals surface area contributed by atoms with Crippen molar-refractivity contribution in [2.75, 3.05) is 0 Å². The molecule has 0 aliphatic carbocycles. The first-order chi connectivity index (χ1) is 9.20. The Kier molecular flexibility index (Phi) is 5.50. The Labute approximate surface area is 122 Å². The van der Waals surface area contributed by atoms with E-state index in [-0.39, 0.29) is 16.6 Å². The van der Waals surface area contributed by atoms with Gasteiger partial charge in [0.25, 0.3) is 5.91 Å². The molecule has 0 spiro atoms. The van der Waals surface area contributed by atoms with E-state index in [0.29, 0.717) is 12.8 Å². The fourth-order valence-corrected chi connectivity index (χ4v) is 2.53. The Balaban J connectivity index is 3.22. The second kappa shape index (κ2) is 6.51. The number of nitrogens with two attached hydrogens (primary N) is 1. The summed E-state index contributed by atoms with van der Waals surface area (Å²) in [4.78, 5) is 11.3. The lowest BCUT2D eigenvalue weighted by Crippen LogP contribution is -2.34. The van der Waals surface area contributed by atoms with Crippen LogP contribution in [-0.4, -0.2) is 20.4 Å². The smallest absolute Gasteiger partial charge is 0.253 e. The molecule has 0 aliphatic heterocycles. The lowest BCUT2D eigenvalue weighted by molar-refractivity contribution is 0.0934. The highest BCUT2D eigenvalue weighted by Gasteiger charge is 2.21. The third kappa shape index (κ3) is 3.91. The van der Waals surface area contributed by atoms with Crippen LogP contribution in [0.5, 0.6) is 0 Å². The maximum Gasteiger partial charge on any atom is 0.253 e. The third-order valence-electron chi connectivity index (χ3n) is 2.89. The molecule has 0 heterocycles. The molecular weight excluding hydrogens is 307 g/mol. The van der Waals surface area contributed by atoms with Gasteiger partial charge in [-0.15, -0.1) is 0 Å². The minimum Gasteiger partial charge on any atom is -0.349 e. The number of rotatable bonds is 5. The Morgan fingerprint density at radius 2 is 1.95 bits per heavy atom. The van der Waals surface area contributed by atoms with Crippen LogP contribution in [0, 0.1) is 5.82 Å². The molecule has 0 unspecified atom stereocenters. The van der Waals surface area contributed by atoms with Crippen molar-refractivity contribution in [1.29, 1.82) is 0 Å². The molecule has 112 valence electrons. The first-order valence-corrected chi connectivity index (χ1v) is 7.95. The number of sulfonamides is 1. The second-order valence-corrected chi connectivity index (χ2v) is 6.23. The van der Waals surface area contributed by atoms with Crippen LogP contribution >= 0.6 is 11.6 Å². The van der Waals surface area contributed by atoms with Gasteiger partial charge in [0.15, 0.2) is 0 Å². The average Bonchev–Trinajstić information content (AvgIpc) is 2.33. The number of nitrogens with one attached hydrogen (secondary N) is 1. The monoisotopic (exact) mass is 322 g/mol. The van der Waals surface area contributed by atoms with Gasteiger partial charge in [0.2, 0.25) is 10.0 Å². The summed E-state index contributed by atoms with van der Waals surface area (Å²) in [6.45, 7) is 3.80. The summed E-state index contributed by atoms with van der Waals surface area (Å²) in [5.41, 5.74) is -0.121. The SMILES string of the molecule is CCC(CC)NC(=O)c1cc(S(N)(=O)=O)c(F)cc1Cl. The third-order valence-corrected chi connectivity index (χ3v) is 4.13. The van der Waals surface area contributed by atoms with Crippen LogP contribution < -0.4 is 10.5 Å². The van der Waals surface area contributed by atoms with Crippen molar-refractivity contribution in [2.24, 2.45) is 5.14 Å². The van der Waals surface area contributed by atoms with E-state index in [2.05, 4.69) is 5.32 Å². The number of hydrogen-bond donors (Lipinski definition) is 2. The molecule has 0 bridgehead atoms. The number of hydrogen-bond acceptors (Lipinski definition) is 3. The molecule has 0 saturated carbocycles. The molecule has 20 heavy (non-hydrogen) atoms. The van der Waals surface area contributed by atoms with E-state index >= 15 is 0 Å². The van der Waals surface area contributed by atoms with E-state index in [4.69, 9.17) is 16.7 Å². The minimum atomic E-state index is -4.26. The Bertz CT molecular complexity index is 615. The van der Waals surface area contributed by atoms with Gasteiger partial charge in [0, 0.05) is 6.04 Å². The predicted molar refractivity (Wildman–Crippen MR) is 74.6 cm³/mol. The number of amides is 1. The molecule has 1 rings (SSSR count). The molecule has 0 aliphatic rings. The average molecular weight is 323 g/mol. The Hall–Kier alpha value is -1.18. The maximum absolute atomic E-state index is 13.5. The van der Waals surface area contributed by atoms with Crippen molar-refractivity contribution >= 4 is 27.5 Å². The van der Waals surface area contributed by atoms with Gasteiger partial charge in [0.05, 0.1) is 10.6 Å². The zero-order chi connectivity index (χ0) is 15.5. The van der Waals surface area contributed by atoms with Crippen molar-refractivity contribution in [3.05, 3.63) is 28.5 Å². The minimum absolute atomic E-state index is 0.0680. The van der Waals surface area contributed by atoms with E-state index in [9.17, 15) is 17.6 Å². The van der Waals surface area contributed by atoms with Gasteiger partial charge in [-0.25, -0.2) is 17.9 Å². The van der Waals surface area contributed by atoms with E-state index in [1.165, 1.54) is 0 Å². The summed E-state index contributed by atoms with van der Waals surface area (Å²) < 4.78 is 36.0. The summed E-state index contributed by atoms with van der Waals surface area (Å²) in [6.07, 6.45) is 1.42. The summed E-state index contributed by atoms with van der Waals surface area (Å²) in [5.74, 6) is -1.65. The highest BCUT2D eigenvalue weighted by atomic mass is 35.5. The van der Waals surface area contributed by atoms with Crippen LogP contribution in [0.2, 0.25) is 5.02 Å². The van der Waals surface area contributed by atoms with Crippen LogP contribution in [-0.2, 0) is 10.0 Å². The topological polar surface area (TPSA) is 89.3 Å². The second-order valence-electron chi connectivity index (χ2n) is 4.29. The predicted octanol–water partition coefficient (Wildman–Crippen LogP) is 2.04. The number of benzene rings is 1. The molecule has 5 nitrogen and oxygen atoms in total. The van der Waals surface area contributed by atoms with Crippen LogP contribution in [0.4, 0.5) is 4.39 Å². The zero-order valence-corrected chi connectivity index (χ0v) is 12.7. The normalized spacial score (nSPS) is 11.7. The van der Waals surface area contributed by atoms with Crippen molar-refractivity contribution in [1.82, 2.24) is 5.32 Å². The van der Waals surface area contributed by atoms with Crippen molar-refractivity contribution in [3.8, 4) is 0 Å². The van der Waals surface area contributed by atoms with Crippen LogP contribution in [0.1, 0.15) is 37.0 Å². The largest absolute Gasteiger partial charge is 0.349 e. The zero-order valence-electron chi connectivity index (χ0n) is 11.1. The van der Waals surface area contributed by atoms with E-state index in [1.807, 2.05) is 13.8 Å². The fourth-order valence-electron chi connectivity index (χ4n) is 1.68. The highest BCUT2D eigenvalue weighted by molar-refractivity contribution is 7.89. The van der Waals surface area contributed by atoms with Gasteiger partial charge in [0.1, 0.15) is 10.7 Å². The van der Waals surface area contributed by atoms with Gasteiger partial charge in [-0.2, -0.15) is 0 Å². The first-order valence-electron chi connectivity index (χ1n) is 6.03. The molecule has 8 heteroatoms. The number of carbonyl (C=O) groups is 1. The summed E-state index contributed by atoms with van der Waals surface area (Å²) in [6, 6.07) is 1.55. The van der Waals surface area contributed by atoms with Crippen molar-refractivity contribution < 1.29 is 17.6 Å². The summed E-state index contributed by atoms with van der Waals surface area (Å²) in [5, 5.41) is 7.41. The molecule has 1 aromatic rings. The highest BCUT2D eigenvalue weighted by Crippen LogP contribution is 2.23. The Morgan fingerprint density at radius 1 is 1.40 bits per heavy atom. The van der Waals surface area contributed by atoms with Gasteiger partial charge in [-0.3, -0.25) is 4.79 Å². The molecular formula is C12H16ClFN2O3S. The maximum atomic E-state index is 13.5. The number of carbonyl (C=O) groups excluding carboxylic acids is 1. The van der Waals surface area contributed by atoms with Gasteiger partial charge < -0.3 is 5.32 Å². The van der Waals surface area contributed by atoms with Crippen LogP contribution in [0.15, 0.2) is 17.0 Å². The van der Waals surface area contributed by atoms with E-state index < -0.39 is 26.6 Å². The molecule has 0 atom stereocenters. The summed E-state index contributed by atoms with van der Waals surface area (Å²) in [7, 11) is -4.26. The molecule has 0 aromatic heterocycles. The fraction of sp³-hybridized carbons (Fsp3) is 0.417. The summed E-state index contributed by atoms with van der Waals surface area (Å²) >= 11 is 5.78. The van der Waals surface area contributed by atoms with E-state index in [1.54, 1.807) is 0 Å². The molecule has 0 fully saturated rings. The van der Waals surface area contributed by atoms with Crippen molar-refractivity contribution in [3.63, 3.8) is 0 Å². The molecule has 3 N–H and O–H groups in total. The van der Waals surface area contributed by atoms with Gasteiger partial charge in [-0.1, -0.05) is 25.4 Å². The number of primary sulfonamides is 1. The first kappa shape index (κ1) is 16.9. The molecule has 1 aromatic carbocycles. The van der Waals surface area contributed by atoms with Crippen LogP contribution in [0.3, 0.4) is 0 Å². The van der Waals surface area contributed by atoms with Crippen molar-refractivity contribution in [2.45, 2.75) is 37.6 Å². The van der Waals surface area contributed by atoms with Crippen LogP contribution in [0.25, 0.3) is 0 Å². The lowest BCUT2D eigenvalue weighted by Gasteiger charge is -2.15. The number of halogens is 2. The van der Waals surface area contributed by atoms with Gasteiger partial charge in [-0.05, 0) is 25.0 Å². The standard InChI is InChI=1S/C12H16ClFN2O3S/c1-3-7(4-2)16-12(17)8-5-11(20(15,18)19)10(14)6-9(8)13/h5-7H,3-4H2,1-2H3,(H,16,17)(H2,15,18,19). The Morgan fingerprint density at radius 3 is 2.40 bits per heavy atom.